The van der Waals surface area contributed by atoms with Crippen LogP contribution in [0.4, 0.5) is 0 Å². The van der Waals surface area contributed by atoms with E-state index in [1.165, 1.54) is 11.8 Å². The lowest BCUT2D eigenvalue weighted by Crippen LogP contribution is -2.27. The van der Waals surface area contributed by atoms with Crippen molar-refractivity contribution in [1.29, 1.82) is 0 Å². The molecule has 2 aromatic rings. The van der Waals surface area contributed by atoms with Gasteiger partial charge in [-0.25, -0.2) is 0 Å². The summed E-state index contributed by atoms with van der Waals surface area (Å²) in [5.74, 6) is 0.782. The Morgan fingerprint density at radius 3 is 2.67 bits per heavy atom. The molecule has 0 radical (unpaired) electrons. The molecule has 3 rings (SSSR count). The molecule has 1 amide bonds. The number of methoxy groups -OCH3 is 1. The molecule has 1 heterocycles. The molecule has 0 aliphatic carbocycles. The normalized spacial score (nSPS) is 16.1. The van der Waals surface area contributed by atoms with Crippen LogP contribution in [0.15, 0.2) is 53.4 Å². The van der Waals surface area contributed by atoms with Gasteiger partial charge in [0, 0.05) is 0 Å². The van der Waals surface area contributed by atoms with Crippen molar-refractivity contribution in [3.8, 4) is 5.75 Å². The van der Waals surface area contributed by atoms with Crippen LogP contribution in [0.3, 0.4) is 0 Å². The van der Waals surface area contributed by atoms with Crippen molar-refractivity contribution in [3.05, 3.63) is 68.1 Å². The smallest absolute Gasteiger partial charge is 0.266 e. The molecular formula is C18H14INO2S2. The largest absolute Gasteiger partial charge is 0.496 e. The van der Waals surface area contributed by atoms with E-state index in [0.717, 1.165) is 20.4 Å². The first-order valence-corrected chi connectivity index (χ1v) is 9.51. The zero-order valence-electron chi connectivity index (χ0n) is 12.9. The van der Waals surface area contributed by atoms with E-state index in [0.29, 0.717) is 15.8 Å². The van der Waals surface area contributed by atoms with Crippen LogP contribution in [-0.2, 0) is 11.3 Å². The Balaban J connectivity index is 1.82. The molecule has 0 unspecified atom stereocenters. The van der Waals surface area contributed by atoms with E-state index in [1.54, 1.807) is 12.0 Å². The van der Waals surface area contributed by atoms with E-state index in [1.807, 2.05) is 54.6 Å². The number of thiocarbonyl (C=S) groups is 1. The number of ether oxygens (including phenoxy) is 1. The number of rotatable bonds is 4. The van der Waals surface area contributed by atoms with E-state index in [-0.39, 0.29) is 5.91 Å². The fraction of sp³-hybridized carbons (Fsp3) is 0.111. The minimum atomic E-state index is -0.0420. The fourth-order valence-electron chi connectivity index (χ4n) is 2.33. The highest BCUT2D eigenvalue weighted by Crippen LogP contribution is 2.34. The number of hydrogen-bond acceptors (Lipinski definition) is 4. The zero-order chi connectivity index (χ0) is 17.1. The van der Waals surface area contributed by atoms with Crippen molar-refractivity contribution < 1.29 is 9.53 Å². The number of carbonyl (C=O) groups excluding carboxylic acids is 1. The highest BCUT2D eigenvalue weighted by Gasteiger charge is 2.31. The molecule has 24 heavy (non-hydrogen) atoms. The Labute approximate surface area is 164 Å². The number of thioether (sulfide) groups is 1. The van der Waals surface area contributed by atoms with E-state index in [9.17, 15) is 4.79 Å². The van der Waals surface area contributed by atoms with E-state index >= 15 is 0 Å². The third kappa shape index (κ3) is 3.81. The van der Waals surface area contributed by atoms with Gasteiger partial charge >= 0.3 is 0 Å². The number of benzene rings is 2. The van der Waals surface area contributed by atoms with Crippen molar-refractivity contribution >= 4 is 62.9 Å². The Kier molecular flexibility index (Phi) is 5.57. The van der Waals surface area contributed by atoms with Crippen LogP contribution in [0.2, 0.25) is 0 Å². The molecule has 6 heteroatoms. The summed E-state index contributed by atoms with van der Waals surface area (Å²) in [5.41, 5.74) is 2.02. The molecule has 0 spiro atoms. The van der Waals surface area contributed by atoms with Crippen LogP contribution in [0.25, 0.3) is 6.08 Å². The predicted molar refractivity (Wildman–Crippen MR) is 111 cm³/mol. The van der Waals surface area contributed by atoms with Gasteiger partial charge in [-0.3, -0.25) is 9.69 Å². The topological polar surface area (TPSA) is 29.5 Å². The molecule has 0 aromatic heterocycles. The molecule has 1 aliphatic rings. The number of halogens is 1. The van der Waals surface area contributed by atoms with Gasteiger partial charge in [0.15, 0.2) is 0 Å². The Bertz CT molecular complexity index is 821. The third-order valence-corrected chi connectivity index (χ3v) is 5.75. The van der Waals surface area contributed by atoms with Gasteiger partial charge in [-0.05, 0) is 51.9 Å². The predicted octanol–water partition coefficient (Wildman–Crippen LogP) is 4.70. The molecular weight excluding hydrogens is 453 g/mol. The summed E-state index contributed by atoms with van der Waals surface area (Å²) in [5, 5.41) is 0. The summed E-state index contributed by atoms with van der Waals surface area (Å²) in [6.07, 6.45) is 1.88. The van der Waals surface area contributed by atoms with Gasteiger partial charge in [0.2, 0.25) is 0 Å². The highest BCUT2D eigenvalue weighted by molar-refractivity contribution is 14.1. The van der Waals surface area contributed by atoms with Gasteiger partial charge < -0.3 is 4.74 Å². The lowest BCUT2D eigenvalue weighted by atomic mass is 10.2. The van der Waals surface area contributed by atoms with Crippen molar-refractivity contribution in [1.82, 2.24) is 4.90 Å². The molecule has 0 N–H and O–H groups in total. The van der Waals surface area contributed by atoms with Crippen LogP contribution in [-0.4, -0.2) is 22.2 Å². The van der Waals surface area contributed by atoms with Crippen molar-refractivity contribution in [2.24, 2.45) is 0 Å². The molecule has 0 atom stereocenters. The number of amides is 1. The Hall–Kier alpha value is -1.38. The summed E-state index contributed by atoms with van der Waals surface area (Å²) in [7, 11) is 1.64. The van der Waals surface area contributed by atoms with Gasteiger partial charge in [0.1, 0.15) is 10.1 Å². The average Bonchev–Trinajstić information content (AvgIpc) is 2.84. The maximum absolute atomic E-state index is 12.7. The summed E-state index contributed by atoms with van der Waals surface area (Å²) in [6.45, 7) is 0.503. The second-order valence-corrected chi connectivity index (χ2v) is 7.99. The Morgan fingerprint density at radius 2 is 2.00 bits per heavy atom. The summed E-state index contributed by atoms with van der Waals surface area (Å²) >= 11 is 8.95. The van der Waals surface area contributed by atoms with E-state index in [4.69, 9.17) is 17.0 Å². The third-order valence-electron chi connectivity index (χ3n) is 3.53. The standard InChI is InChI=1S/C18H14INO2S2/c1-22-15-8-7-13(9-14(15)19)10-16-17(21)20(18(23)24-16)11-12-5-3-2-4-6-12/h2-10H,11H2,1H3/b16-10+. The second-order valence-electron chi connectivity index (χ2n) is 5.15. The summed E-state index contributed by atoms with van der Waals surface area (Å²) < 4.78 is 6.86. The average molecular weight is 467 g/mol. The van der Waals surface area contributed by atoms with Crippen LogP contribution >= 0.6 is 46.6 Å². The van der Waals surface area contributed by atoms with Crippen LogP contribution in [0.5, 0.6) is 5.75 Å². The number of hydrogen-bond donors (Lipinski definition) is 0. The monoisotopic (exact) mass is 467 g/mol. The zero-order valence-corrected chi connectivity index (χ0v) is 16.7. The molecule has 3 nitrogen and oxygen atoms in total. The van der Waals surface area contributed by atoms with Gasteiger partial charge in [0.25, 0.3) is 5.91 Å². The lowest BCUT2D eigenvalue weighted by molar-refractivity contribution is -0.122. The van der Waals surface area contributed by atoms with Gasteiger partial charge in [-0.1, -0.05) is 60.4 Å². The minimum absolute atomic E-state index is 0.0420. The van der Waals surface area contributed by atoms with E-state index in [2.05, 4.69) is 22.6 Å². The maximum Gasteiger partial charge on any atom is 0.266 e. The first-order valence-electron chi connectivity index (χ1n) is 7.21. The first-order chi connectivity index (χ1) is 11.6. The van der Waals surface area contributed by atoms with Gasteiger partial charge in [-0.2, -0.15) is 0 Å². The van der Waals surface area contributed by atoms with Crippen molar-refractivity contribution in [2.45, 2.75) is 6.54 Å². The minimum Gasteiger partial charge on any atom is -0.496 e. The van der Waals surface area contributed by atoms with E-state index < -0.39 is 0 Å². The first kappa shape index (κ1) is 17.4. The lowest BCUT2D eigenvalue weighted by Gasteiger charge is -2.14. The highest BCUT2D eigenvalue weighted by atomic mass is 127. The molecule has 1 aliphatic heterocycles. The quantitative estimate of drug-likeness (QED) is 0.371. The maximum atomic E-state index is 12.7. The van der Waals surface area contributed by atoms with Gasteiger partial charge in [-0.15, -0.1) is 0 Å². The van der Waals surface area contributed by atoms with Gasteiger partial charge in [0.05, 0.1) is 22.1 Å². The summed E-state index contributed by atoms with van der Waals surface area (Å²) in [6, 6.07) is 15.7. The van der Waals surface area contributed by atoms with Crippen molar-refractivity contribution in [2.75, 3.05) is 7.11 Å². The Morgan fingerprint density at radius 1 is 1.25 bits per heavy atom. The molecule has 2 aromatic carbocycles. The number of nitrogens with zero attached hydrogens (tertiary/aromatic N) is 1. The van der Waals surface area contributed by atoms with Crippen LogP contribution < -0.4 is 4.74 Å². The van der Waals surface area contributed by atoms with Crippen LogP contribution in [0, 0.1) is 3.57 Å². The fourth-order valence-corrected chi connectivity index (χ4v) is 4.34. The molecule has 1 saturated heterocycles. The molecule has 122 valence electrons. The number of carbonyl (C=O) groups is 1. The molecule has 1 fully saturated rings. The molecule has 0 bridgehead atoms. The summed E-state index contributed by atoms with van der Waals surface area (Å²) in [4.78, 5) is 15.0. The van der Waals surface area contributed by atoms with Crippen molar-refractivity contribution in [3.63, 3.8) is 0 Å². The second kappa shape index (κ2) is 7.67. The SMILES string of the molecule is COc1ccc(/C=C2/SC(=S)N(Cc3ccccc3)C2=O)cc1I. The van der Waals surface area contributed by atoms with Crippen LogP contribution in [0.1, 0.15) is 11.1 Å². The molecule has 0 saturated carbocycles.